The van der Waals surface area contributed by atoms with Crippen LogP contribution in [0.3, 0.4) is 0 Å². The van der Waals surface area contributed by atoms with Crippen LogP contribution in [-0.4, -0.2) is 64.0 Å². The molecule has 0 spiro atoms. The summed E-state index contributed by atoms with van der Waals surface area (Å²) in [6, 6.07) is 3.93. The number of hydrogen-bond donors (Lipinski definition) is 0. The standard InChI is InChI=1S/C17H26N6O2S/c1-4-23-17(7-8-20-23)16-11-15(18-13-19-16)10-14-6-5-9-22(12-14)26(24,25)21(2)3/h7-8,11,13-14H,4-6,9-10,12H2,1-3H3/t14-/m0/s1. The van der Waals surface area contributed by atoms with Gasteiger partial charge in [0.1, 0.15) is 6.33 Å². The van der Waals surface area contributed by atoms with Gasteiger partial charge in [-0.1, -0.05) is 0 Å². The van der Waals surface area contributed by atoms with Crippen LogP contribution >= 0.6 is 0 Å². The molecule has 0 radical (unpaired) electrons. The van der Waals surface area contributed by atoms with Crippen LogP contribution in [-0.2, 0) is 23.2 Å². The lowest BCUT2D eigenvalue weighted by Crippen LogP contribution is -2.45. The SMILES string of the molecule is CCn1nccc1-c1cc(C[C@@H]2CCCN(S(=O)(=O)N(C)C)C2)ncn1. The van der Waals surface area contributed by atoms with Gasteiger partial charge in [0, 0.05) is 45.6 Å². The molecule has 26 heavy (non-hydrogen) atoms. The van der Waals surface area contributed by atoms with E-state index < -0.39 is 10.2 Å². The summed E-state index contributed by atoms with van der Waals surface area (Å²) in [5.74, 6) is 0.261. The molecule has 1 fully saturated rings. The number of aryl methyl sites for hydroxylation is 1. The summed E-state index contributed by atoms with van der Waals surface area (Å²) in [5, 5.41) is 4.29. The van der Waals surface area contributed by atoms with Crippen molar-refractivity contribution in [3.63, 3.8) is 0 Å². The number of nitrogens with zero attached hydrogens (tertiary/aromatic N) is 6. The van der Waals surface area contributed by atoms with E-state index in [0.717, 1.165) is 42.9 Å². The van der Waals surface area contributed by atoms with Crippen molar-refractivity contribution in [3.8, 4) is 11.4 Å². The average molecular weight is 379 g/mol. The van der Waals surface area contributed by atoms with Gasteiger partial charge in [0.05, 0.1) is 11.4 Å². The van der Waals surface area contributed by atoms with Crippen LogP contribution < -0.4 is 0 Å². The smallest absolute Gasteiger partial charge is 0.264 e. The van der Waals surface area contributed by atoms with Crippen LogP contribution in [0, 0.1) is 5.92 Å². The van der Waals surface area contributed by atoms with E-state index in [1.165, 1.54) is 4.31 Å². The maximum Gasteiger partial charge on any atom is 0.281 e. The van der Waals surface area contributed by atoms with E-state index in [2.05, 4.69) is 15.1 Å². The van der Waals surface area contributed by atoms with Crippen molar-refractivity contribution >= 4 is 10.2 Å². The average Bonchev–Trinajstić information content (AvgIpc) is 3.11. The maximum absolute atomic E-state index is 12.4. The molecule has 2 aromatic rings. The Morgan fingerprint density at radius 2 is 2.12 bits per heavy atom. The lowest BCUT2D eigenvalue weighted by molar-refractivity contribution is 0.253. The summed E-state index contributed by atoms with van der Waals surface area (Å²) in [5.41, 5.74) is 2.76. The van der Waals surface area contributed by atoms with Gasteiger partial charge in [0.25, 0.3) is 10.2 Å². The molecule has 1 atom stereocenters. The Labute approximate surface area is 155 Å². The number of aromatic nitrogens is 4. The zero-order valence-corrected chi connectivity index (χ0v) is 16.4. The molecule has 142 valence electrons. The van der Waals surface area contributed by atoms with E-state index in [-0.39, 0.29) is 5.92 Å². The fourth-order valence-corrected chi connectivity index (χ4v) is 4.60. The highest BCUT2D eigenvalue weighted by molar-refractivity contribution is 7.86. The number of piperidine rings is 1. The molecule has 1 aliphatic heterocycles. The zero-order chi connectivity index (χ0) is 18.7. The molecular formula is C17H26N6O2S. The first kappa shape index (κ1) is 18.9. The third-order valence-electron chi connectivity index (χ3n) is 4.77. The van der Waals surface area contributed by atoms with Crippen molar-refractivity contribution in [1.82, 2.24) is 28.4 Å². The van der Waals surface area contributed by atoms with E-state index in [9.17, 15) is 8.42 Å². The topological polar surface area (TPSA) is 84.2 Å². The number of rotatable bonds is 6. The van der Waals surface area contributed by atoms with Gasteiger partial charge < -0.3 is 0 Å². The molecule has 1 saturated heterocycles. The van der Waals surface area contributed by atoms with Gasteiger partial charge in [-0.05, 0) is 44.2 Å². The lowest BCUT2D eigenvalue weighted by atomic mass is 9.94. The fourth-order valence-electron chi connectivity index (χ4n) is 3.38. The Kier molecular flexibility index (Phi) is 5.69. The number of hydrogen-bond acceptors (Lipinski definition) is 5. The first-order chi connectivity index (χ1) is 12.4. The lowest BCUT2D eigenvalue weighted by Gasteiger charge is -2.33. The minimum atomic E-state index is -3.36. The van der Waals surface area contributed by atoms with Crippen molar-refractivity contribution < 1.29 is 8.42 Å². The third kappa shape index (κ3) is 3.94. The molecule has 0 amide bonds. The second-order valence-corrected chi connectivity index (χ2v) is 8.93. The fraction of sp³-hybridized carbons (Fsp3) is 0.588. The minimum absolute atomic E-state index is 0.261. The summed E-state index contributed by atoms with van der Waals surface area (Å²) in [7, 11) is -0.204. The van der Waals surface area contributed by atoms with Crippen LogP contribution in [0.2, 0.25) is 0 Å². The summed E-state index contributed by atoms with van der Waals surface area (Å²) in [4.78, 5) is 8.78. The summed E-state index contributed by atoms with van der Waals surface area (Å²) in [6.07, 6.45) is 5.97. The van der Waals surface area contributed by atoms with Crippen LogP contribution in [0.25, 0.3) is 11.4 Å². The van der Waals surface area contributed by atoms with Gasteiger partial charge in [0.15, 0.2) is 0 Å². The van der Waals surface area contributed by atoms with Gasteiger partial charge >= 0.3 is 0 Å². The monoisotopic (exact) mass is 378 g/mol. The van der Waals surface area contributed by atoms with Gasteiger partial charge in [-0.3, -0.25) is 4.68 Å². The maximum atomic E-state index is 12.4. The molecular weight excluding hydrogens is 352 g/mol. The van der Waals surface area contributed by atoms with Crippen molar-refractivity contribution in [2.24, 2.45) is 5.92 Å². The highest BCUT2D eigenvalue weighted by Gasteiger charge is 2.30. The Hall–Kier alpha value is -1.84. The minimum Gasteiger partial charge on any atom is -0.264 e. The zero-order valence-electron chi connectivity index (χ0n) is 15.5. The quantitative estimate of drug-likeness (QED) is 0.759. The van der Waals surface area contributed by atoms with Gasteiger partial charge in [-0.2, -0.15) is 22.1 Å². The van der Waals surface area contributed by atoms with Gasteiger partial charge in [-0.15, -0.1) is 0 Å². The van der Waals surface area contributed by atoms with Crippen LogP contribution in [0.4, 0.5) is 0 Å². The highest BCUT2D eigenvalue weighted by atomic mass is 32.2. The Balaban J connectivity index is 1.74. The van der Waals surface area contributed by atoms with Crippen molar-refractivity contribution in [2.45, 2.75) is 32.7 Å². The Bertz CT molecular complexity index is 848. The largest absolute Gasteiger partial charge is 0.281 e. The molecule has 3 heterocycles. The molecule has 2 aromatic heterocycles. The predicted octanol–water partition coefficient (Wildman–Crippen LogP) is 1.42. The third-order valence-corrected chi connectivity index (χ3v) is 6.68. The highest BCUT2D eigenvalue weighted by Crippen LogP contribution is 2.24. The first-order valence-electron chi connectivity index (χ1n) is 8.92. The van der Waals surface area contributed by atoms with E-state index in [4.69, 9.17) is 0 Å². The molecule has 8 nitrogen and oxygen atoms in total. The Morgan fingerprint density at radius 3 is 2.85 bits per heavy atom. The van der Waals surface area contributed by atoms with E-state index >= 15 is 0 Å². The molecule has 1 aliphatic rings. The van der Waals surface area contributed by atoms with Crippen LogP contribution in [0.5, 0.6) is 0 Å². The molecule has 9 heteroatoms. The second-order valence-electron chi connectivity index (χ2n) is 6.79. The second kappa shape index (κ2) is 7.81. The van der Waals surface area contributed by atoms with Crippen molar-refractivity contribution in [3.05, 3.63) is 30.4 Å². The summed E-state index contributed by atoms with van der Waals surface area (Å²) >= 11 is 0. The molecule has 0 N–H and O–H groups in total. The Morgan fingerprint density at radius 1 is 1.31 bits per heavy atom. The summed E-state index contributed by atoms with van der Waals surface area (Å²) in [6.45, 7) is 3.94. The van der Waals surface area contributed by atoms with E-state index in [1.807, 2.05) is 23.7 Å². The molecule has 0 saturated carbocycles. The molecule has 0 aromatic carbocycles. The molecule has 0 aliphatic carbocycles. The molecule has 0 bridgehead atoms. The first-order valence-corrected chi connectivity index (χ1v) is 10.3. The van der Waals surface area contributed by atoms with Crippen molar-refractivity contribution in [2.75, 3.05) is 27.2 Å². The predicted molar refractivity (Wildman–Crippen MR) is 99.5 cm³/mol. The summed E-state index contributed by atoms with van der Waals surface area (Å²) < 4.78 is 29.5. The van der Waals surface area contributed by atoms with Crippen LogP contribution in [0.15, 0.2) is 24.7 Å². The molecule has 0 unspecified atom stereocenters. The van der Waals surface area contributed by atoms with Crippen molar-refractivity contribution in [1.29, 1.82) is 0 Å². The van der Waals surface area contributed by atoms with Crippen LogP contribution in [0.1, 0.15) is 25.5 Å². The van der Waals surface area contributed by atoms with Gasteiger partial charge in [-0.25, -0.2) is 9.97 Å². The van der Waals surface area contributed by atoms with E-state index in [0.29, 0.717) is 13.1 Å². The normalized spacial score (nSPS) is 19.2. The van der Waals surface area contributed by atoms with E-state index in [1.54, 1.807) is 30.9 Å². The van der Waals surface area contributed by atoms with Gasteiger partial charge in [0.2, 0.25) is 0 Å². The molecule has 3 rings (SSSR count).